The Morgan fingerprint density at radius 2 is 2.04 bits per heavy atom. The molecule has 0 spiro atoms. The van der Waals surface area contributed by atoms with Crippen molar-refractivity contribution in [3.05, 3.63) is 23.6 Å². The van der Waals surface area contributed by atoms with Gasteiger partial charge in [-0.25, -0.2) is 19.2 Å². The summed E-state index contributed by atoms with van der Waals surface area (Å²) >= 11 is 0. The molecule has 1 aromatic heterocycles. The summed E-state index contributed by atoms with van der Waals surface area (Å²) in [4.78, 5) is 18.6. The summed E-state index contributed by atoms with van der Waals surface area (Å²) in [6, 6.07) is 2.05. The molecule has 0 bridgehead atoms. The fraction of sp³-hybridized carbons (Fsp3) is 0.154. The highest BCUT2D eigenvalue weighted by molar-refractivity contribution is 5.91. The highest BCUT2D eigenvalue weighted by Crippen LogP contribution is 2.45. The van der Waals surface area contributed by atoms with Gasteiger partial charge in [-0.1, -0.05) is 0 Å². The lowest BCUT2D eigenvalue weighted by molar-refractivity contribution is -0.287. The van der Waals surface area contributed by atoms with E-state index >= 15 is 0 Å². The molecular formula is C13H8F3N3O5. The fourth-order valence-electron chi connectivity index (χ4n) is 2.09. The largest absolute Gasteiger partial charge is 0.586 e. The number of rotatable bonds is 3. The second-order valence-electron chi connectivity index (χ2n) is 4.54. The third-order valence-corrected chi connectivity index (χ3v) is 3.05. The highest BCUT2D eigenvalue weighted by Gasteiger charge is 2.45. The van der Waals surface area contributed by atoms with Crippen molar-refractivity contribution in [2.75, 3.05) is 12.8 Å². The summed E-state index contributed by atoms with van der Waals surface area (Å²) in [5.74, 6) is -5.19. The number of halogens is 3. The van der Waals surface area contributed by atoms with Gasteiger partial charge in [-0.15, -0.1) is 8.78 Å². The Morgan fingerprint density at radius 3 is 2.67 bits per heavy atom. The van der Waals surface area contributed by atoms with Crippen molar-refractivity contribution in [3.63, 3.8) is 0 Å². The molecule has 0 saturated heterocycles. The van der Waals surface area contributed by atoms with Crippen LogP contribution >= 0.6 is 0 Å². The van der Waals surface area contributed by atoms with Gasteiger partial charge in [0.1, 0.15) is 0 Å². The third-order valence-electron chi connectivity index (χ3n) is 3.05. The monoisotopic (exact) mass is 343 g/mol. The summed E-state index contributed by atoms with van der Waals surface area (Å²) in [6.45, 7) is 0. The number of carbonyl (C=O) groups is 1. The molecule has 0 unspecified atom stereocenters. The Kier molecular flexibility index (Phi) is 3.36. The average molecular weight is 343 g/mol. The molecule has 8 nitrogen and oxygen atoms in total. The molecule has 3 rings (SSSR count). The quantitative estimate of drug-likeness (QED) is 0.868. The predicted octanol–water partition coefficient (Wildman–Crippen LogP) is 1.89. The lowest BCUT2D eigenvalue weighted by atomic mass is 10.1. The van der Waals surface area contributed by atoms with Gasteiger partial charge in [0.25, 0.3) is 0 Å². The van der Waals surface area contributed by atoms with E-state index in [0.29, 0.717) is 0 Å². The Labute approximate surface area is 131 Å². The van der Waals surface area contributed by atoms with Gasteiger partial charge in [-0.3, -0.25) is 0 Å². The molecule has 126 valence electrons. The molecular weight excluding hydrogens is 335 g/mol. The van der Waals surface area contributed by atoms with E-state index in [1.165, 1.54) is 0 Å². The maximum absolute atomic E-state index is 14.4. The van der Waals surface area contributed by atoms with Crippen LogP contribution in [-0.2, 0) is 0 Å². The van der Waals surface area contributed by atoms with E-state index in [-0.39, 0.29) is 11.6 Å². The summed E-state index contributed by atoms with van der Waals surface area (Å²) in [5.41, 5.74) is 4.57. The van der Waals surface area contributed by atoms with Crippen LogP contribution in [0.4, 0.5) is 19.0 Å². The number of hydrogen-bond donors (Lipinski definition) is 2. The van der Waals surface area contributed by atoms with Crippen molar-refractivity contribution in [2.45, 2.75) is 6.29 Å². The number of benzene rings is 1. The van der Waals surface area contributed by atoms with Crippen molar-refractivity contribution in [3.8, 4) is 28.6 Å². The number of carboxylic acids is 1. The number of alkyl halides is 2. The van der Waals surface area contributed by atoms with Crippen LogP contribution in [-0.4, -0.2) is 34.4 Å². The van der Waals surface area contributed by atoms with Crippen molar-refractivity contribution in [1.29, 1.82) is 0 Å². The zero-order valence-electron chi connectivity index (χ0n) is 11.8. The van der Waals surface area contributed by atoms with Gasteiger partial charge in [-0.05, 0) is 12.1 Å². The van der Waals surface area contributed by atoms with Gasteiger partial charge in [0, 0.05) is 0 Å². The number of anilines is 1. The van der Waals surface area contributed by atoms with Gasteiger partial charge >= 0.3 is 12.3 Å². The molecule has 1 aliphatic rings. The van der Waals surface area contributed by atoms with Gasteiger partial charge in [0.15, 0.2) is 34.7 Å². The van der Waals surface area contributed by atoms with E-state index in [1.807, 2.05) is 0 Å². The molecule has 2 heterocycles. The van der Waals surface area contributed by atoms with Crippen molar-refractivity contribution in [2.24, 2.45) is 0 Å². The molecule has 3 N–H and O–H groups in total. The molecule has 2 aromatic rings. The van der Waals surface area contributed by atoms with Crippen molar-refractivity contribution in [1.82, 2.24) is 9.97 Å². The number of aromatic carboxylic acids is 1. The molecule has 0 atom stereocenters. The van der Waals surface area contributed by atoms with E-state index in [0.717, 1.165) is 19.2 Å². The number of nitrogen functional groups attached to an aromatic ring is 1. The fourth-order valence-corrected chi connectivity index (χ4v) is 2.09. The van der Waals surface area contributed by atoms with Crippen LogP contribution in [0.5, 0.6) is 17.2 Å². The van der Waals surface area contributed by atoms with E-state index in [9.17, 15) is 18.0 Å². The van der Waals surface area contributed by atoms with E-state index in [2.05, 4.69) is 19.4 Å². The van der Waals surface area contributed by atoms with Gasteiger partial charge in [0.2, 0.25) is 5.75 Å². The third kappa shape index (κ3) is 2.39. The smallest absolute Gasteiger partial charge is 0.491 e. The van der Waals surface area contributed by atoms with Crippen LogP contribution in [0.3, 0.4) is 0 Å². The molecule has 24 heavy (non-hydrogen) atoms. The Hall–Kier alpha value is -3.24. The molecule has 0 fully saturated rings. The number of ether oxygens (including phenoxy) is 3. The van der Waals surface area contributed by atoms with Crippen LogP contribution in [0, 0.1) is 5.82 Å². The first kappa shape index (κ1) is 15.6. The molecule has 0 radical (unpaired) electrons. The lowest BCUT2D eigenvalue weighted by Crippen LogP contribution is -2.26. The highest BCUT2D eigenvalue weighted by atomic mass is 19.3. The second kappa shape index (κ2) is 5.15. The summed E-state index contributed by atoms with van der Waals surface area (Å²) in [7, 11) is 1.16. The average Bonchev–Trinajstić information content (AvgIpc) is 2.82. The Morgan fingerprint density at radius 1 is 1.33 bits per heavy atom. The van der Waals surface area contributed by atoms with Crippen LogP contribution < -0.4 is 19.9 Å². The van der Waals surface area contributed by atoms with Gasteiger partial charge in [0.05, 0.1) is 12.7 Å². The number of carboxylic acid groups (broad SMARTS) is 1. The maximum atomic E-state index is 14.4. The minimum atomic E-state index is -4.01. The number of nitrogens with two attached hydrogens (primary N) is 1. The molecule has 0 amide bonds. The van der Waals surface area contributed by atoms with E-state index in [1.54, 1.807) is 0 Å². The van der Waals surface area contributed by atoms with Crippen LogP contribution in [0.2, 0.25) is 0 Å². The second-order valence-corrected chi connectivity index (χ2v) is 4.54. The zero-order valence-corrected chi connectivity index (χ0v) is 11.8. The summed E-state index contributed by atoms with van der Waals surface area (Å²) < 4.78 is 53.5. The normalized spacial score (nSPS) is 14.5. The summed E-state index contributed by atoms with van der Waals surface area (Å²) in [6.07, 6.45) is -4.01. The minimum Gasteiger partial charge on any atom is -0.491 e. The summed E-state index contributed by atoms with van der Waals surface area (Å²) in [5, 5.41) is 9.12. The Balaban J connectivity index is 2.17. The van der Waals surface area contributed by atoms with Crippen LogP contribution in [0.25, 0.3) is 11.4 Å². The van der Waals surface area contributed by atoms with Crippen molar-refractivity contribution >= 4 is 11.8 Å². The SMILES string of the molecule is COc1c(N)nc(-c2ccc3c(c2F)OC(F)(F)O3)nc1C(=O)O. The molecule has 1 aliphatic heterocycles. The molecule has 1 aromatic carbocycles. The predicted molar refractivity (Wildman–Crippen MR) is 71.6 cm³/mol. The number of nitrogens with zero attached hydrogens (tertiary/aromatic N) is 2. The lowest BCUT2D eigenvalue weighted by Gasteiger charge is -2.10. The first-order valence-corrected chi connectivity index (χ1v) is 6.27. The van der Waals surface area contributed by atoms with Crippen molar-refractivity contribution < 1.29 is 37.3 Å². The first-order chi connectivity index (χ1) is 11.2. The molecule has 0 aliphatic carbocycles. The van der Waals surface area contributed by atoms with Crippen LogP contribution in [0.15, 0.2) is 12.1 Å². The maximum Gasteiger partial charge on any atom is 0.586 e. The van der Waals surface area contributed by atoms with E-state index in [4.69, 9.17) is 15.6 Å². The molecule has 0 saturated carbocycles. The van der Waals surface area contributed by atoms with E-state index < -0.39 is 46.7 Å². The Bertz CT molecular complexity index is 859. The minimum absolute atomic E-state index is 0.307. The number of fused-ring (bicyclic) bond motifs is 1. The first-order valence-electron chi connectivity index (χ1n) is 6.27. The number of hydrogen-bond acceptors (Lipinski definition) is 7. The number of methoxy groups -OCH3 is 1. The van der Waals surface area contributed by atoms with Crippen LogP contribution in [0.1, 0.15) is 10.5 Å². The van der Waals surface area contributed by atoms with Gasteiger partial charge < -0.3 is 25.1 Å². The standard InChI is InChI=1S/C13H8F3N3O5/c1-22-9-7(12(20)21)18-11(19-10(9)17)4-2-3-5-8(6(4)14)24-13(15,16)23-5/h2-3H,1H3,(H,20,21)(H2,17,18,19). The topological polar surface area (TPSA) is 117 Å². The van der Waals surface area contributed by atoms with Gasteiger partial charge in [-0.2, -0.15) is 0 Å². The number of aromatic nitrogens is 2. The molecule has 11 heteroatoms. The zero-order chi connectivity index (χ0) is 17.6.